The third-order valence-electron chi connectivity index (χ3n) is 8.96. The molecule has 279 valence electrons. The van der Waals surface area contributed by atoms with Gasteiger partial charge in [0.25, 0.3) is 0 Å². The summed E-state index contributed by atoms with van der Waals surface area (Å²) in [5.41, 5.74) is 5.51. The molecule has 0 aliphatic heterocycles. The number of aliphatic imine (C=N–C) groups is 2. The molecular formula is C41H60CoN2O6. The smallest absolute Gasteiger partial charge is 0.550 e. The molecule has 3 unspecified atom stereocenters. The number of fused-ring (bicyclic) bond motifs is 2. The molecule has 3 atom stereocenters. The molecule has 2 aliphatic rings. The normalized spacial score (nSPS) is 20.0. The molecule has 2 aromatic carbocycles. The van der Waals surface area contributed by atoms with E-state index in [1.54, 1.807) is 0 Å². The van der Waals surface area contributed by atoms with Crippen LogP contribution in [-0.4, -0.2) is 46.2 Å². The van der Waals surface area contributed by atoms with Crippen LogP contribution in [-0.2, 0) is 50.0 Å². The Kier molecular flexibility index (Phi) is 16.5. The van der Waals surface area contributed by atoms with Crippen LogP contribution in [0.2, 0.25) is 0 Å². The number of phenols is 2. The summed E-state index contributed by atoms with van der Waals surface area (Å²) in [7, 11) is 0. The van der Waals surface area contributed by atoms with Gasteiger partial charge in [0.1, 0.15) is 11.5 Å². The fraction of sp³-hybridized carbons (Fsp3) is 0.610. The van der Waals surface area contributed by atoms with Gasteiger partial charge in [0.15, 0.2) is 0 Å². The SMILES string of the molecule is CC(=O)[O-].CC(=O)[O-].CC(C)Cc1cc(C=NC2CC3CCC2(N=Cc2cc(CC(C)C)cc(C(C)(C)C)c2O)C3)c(O)c(C(C)(C)C)c1.[Co+2]. The van der Waals surface area contributed by atoms with Crippen LogP contribution in [0, 0.1) is 17.8 Å². The summed E-state index contributed by atoms with van der Waals surface area (Å²) in [4.78, 5) is 28.2. The summed E-state index contributed by atoms with van der Waals surface area (Å²) in [6.07, 6.45) is 10.1. The Balaban J connectivity index is 0.00000125. The van der Waals surface area contributed by atoms with Crippen molar-refractivity contribution < 1.29 is 46.8 Å². The monoisotopic (exact) mass is 735 g/mol. The maximum Gasteiger partial charge on any atom is 2.00 e. The maximum absolute atomic E-state index is 11.3. The van der Waals surface area contributed by atoms with Crippen LogP contribution in [0.15, 0.2) is 34.3 Å². The number of carbonyl (C=O) groups excluding carboxylic acids is 2. The van der Waals surface area contributed by atoms with Crippen LogP contribution in [0.5, 0.6) is 11.5 Å². The van der Waals surface area contributed by atoms with Gasteiger partial charge < -0.3 is 30.0 Å². The molecule has 2 saturated carbocycles. The van der Waals surface area contributed by atoms with Crippen molar-refractivity contribution in [2.75, 3.05) is 0 Å². The van der Waals surface area contributed by atoms with E-state index in [0.717, 1.165) is 68.2 Å². The van der Waals surface area contributed by atoms with E-state index in [1.807, 2.05) is 12.4 Å². The zero-order chi connectivity index (χ0) is 37.5. The minimum absolute atomic E-state index is 0. The van der Waals surface area contributed by atoms with Gasteiger partial charge in [-0.2, -0.15) is 0 Å². The first kappa shape index (κ1) is 44.8. The Morgan fingerprint density at radius 1 is 0.820 bits per heavy atom. The number of benzene rings is 2. The van der Waals surface area contributed by atoms with Gasteiger partial charge in [-0.3, -0.25) is 9.98 Å². The third-order valence-corrected chi connectivity index (χ3v) is 8.96. The zero-order valence-electron chi connectivity index (χ0n) is 32.3. The molecule has 8 nitrogen and oxygen atoms in total. The summed E-state index contributed by atoms with van der Waals surface area (Å²) in [6.45, 7) is 23.8. The van der Waals surface area contributed by atoms with Gasteiger partial charge in [-0.05, 0) is 104 Å². The number of aromatic hydroxyl groups is 2. The van der Waals surface area contributed by atoms with Crippen molar-refractivity contribution in [1.29, 1.82) is 0 Å². The molecule has 0 saturated heterocycles. The van der Waals surface area contributed by atoms with Crippen molar-refractivity contribution in [3.05, 3.63) is 57.6 Å². The van der Waals surface area contributed by atoms with E-state index >= 15 is 0 Å². The summed E-state index contributed by atoms with van der Waals surface area (Å²) in [5, 5.41) is 40.3. The fourth-order valence-corrected chi connectivity index (χ4v) is 6.93. The first-order valence-corrected chi connectivity index (χ1v) is 17.6. The second-order valence-corrected chi connectivity index (χ2v) is 16.8. The number of carbonyl (C=O) groups is 2. The molecule has 2 N–H and O–H groups in total. The van der Waals surface area contributed by atoms with Gasteiger partial charge >= 0.3 is 16.8 Å². The zero-order valence-corrected chi connectivity index (χ0v) is 33.3. The van der Waals surface area contributed by atoms with Crippen molar-refractivity contribution in [2.45, 2.75) is 144 Å². The van der Waals surface area contributed by atoms with Crippen LogP contribution in [0.3, 0.4) is 0 Å². The third kappa shape index (κ3) is 13.2. The molecule has 4 rings (SSSR count). The fourth-order valence-electron chi connectivity index (χ4n) is 6.93. The topological polar surface area (TPSA) is 145 Å². The number of aliphatic carboxylic acids is 2. The summed E-state index contributed by atoms with van der Waals surface area (Å²) < 4.78 is 0. The Labute approximate surface area is 311 Å². The molecule has 0 aromatic heterocycles. The quantitative estimate of drug-likeness (QED) is 0.298. The Bertz CT molecular complexity index is 1500. The minimum Gasteiger partial charge on any atom is -0.550 e. The molecule has 1 radical (unpaired) electrons. The molecule has 0 heterocycles. The van der Waals surface area contributed by atoms with E-state index in [2.05, 4.69) is 93.5 Å². The van der Waals surface area contributed by atoms with Crippen molar-refractivity contribution in [3.63, 3.8) is 0 Å². The summed E-state index contributed by atoms with van der Waals surface area (Å²) >= 11 is 0. The Morgan fingerprint density at radius 3 is 1.58 bits per heavy atom. The van der Waals surface area contributed by atoms with Crippen molar-refractivity contribution in [2.24, 2.45) is 27.7 Å². The van der Waals surface area contributed by atoms with Crippen molar-refractivity contribution in [1.82, 2.24) is 0 Å². The van der Waals surface area contributed by atoms with Crippen molar-refractivity contribution >= 4 is 24.4 Å². The maximum atomic E-state index is 11.3. The van der Waals surface area contributed by atoms with Gasteiger partial charge in [-0.25, -0.2) is 0 Å². The van der Waals surface area contributed by atoms with Gasteiger partial charge in [-0.15, -0.1) is 0 Å². The minimum atomic E-state index is -1.08. The number of hydrogen-bond acceptors (Lipinski definition) is 8. The van der Waals surface area contributed by atoms with E-state index in [0.29, 0.717) is 29.3 Å². The molecular weight excluding hydrogens is 675 g/mol. The summed E-state index contributed by atoms with van der Waals surface area (Å²) in [6, 6.07) is 8.65. The summed E-state index contributed by atoms with van der Waals surface area (Å²) in [5.74, 6) is 0.227. The first-order chi connectivity index (χ1) is 22.4. The van der Waals surface area contributed by atoms with Crippen LogP contribution in [0.25, 0.3) is 0 Å². The number of hydrogen-bond donors (Lipinski definition) is 2. The van der Waals surface area contributed by atoms with Gasteiger partial charge in [-0.1, -0.05) is 81.4 Å². The Morgan fingerprint density at radius 2 is 1.22 bits per heavy atom. The number of phenolic OH excluding ortho intramolecular Hbond substituents is 2. The molecule has 0 amide bonds. The predicted octanol–water partition coefficient (Wildman–Crippen LogP) is 6.45. The predicted molar refractivity (Wildman–Crippen MR) is 196 cm³/mol. The number of nitrogens with zero attached hydrogens (tertiary/aromatic N) is 2. The van der Waals surface area contributed by atoms with Gasteiger partial charge in [0.05, 0.1) is 11.6 Å². The van der Waals surface area contributed by atoms with Crippen LogP contribution >= 0.6 is 0 Å². The molecule has 2 aliphatic carbocycles. The van der Waals surface area contributed by atoms with E-state index in [-0.39, 0.29) is 39.2 Å². The van der Waals surface area contributed by atoms with Crippen molar-refractivity contribution in [3.8, 4) is 11.5 Å². The number of carboxylic acid groups (broad SMARTS) is 2. The molecule has 9 heteroatoms. The second kappa shape index (κ2) is 18.4. The first-order valence-electron chi connectivity index (χ1n) is 17.6. The van der Waals surface area contributed by atoms with E-state index in [9.17, 15) is 10.2 Å². The van der Waals surface area contributed by atoms with E-state index in [1.165, 1.54) is 17.5 Å². The van der Waals surface area contributed by atoms with Gasteiger partial charge in [0.2, 0.25) is 0 Å². The Hall–Kier alpha value is -3.17. The molecule has 2 bridgehead atoms. The number of carboxylic acids is 2. The van der Waals surface area contributed by atoms with Gasteiger partial charge in [0, 0.05) is 46.6 Å². The van der Waals surface area contributed by atoms with E-state index in [4.69, 9.17) is 29.8 Å². The molecule has 0 spiro atoms. The molecule has 50 heavy (non-hydrogen) atoms. The molecule has 2 fully saturated rings. The number of rotatable bonds is 8. The van der Waals surface area contributed by atoms with E-state index < -0.39 is 11.9 Å². The second-order valence-electron chi connectivity index (χ2n) is 16.8. The molecule has 2 aromatic rings. The average Bonchev–Trinajstić information content (AvgIpc) is 3.49. The largest absolute Gasteiger partial charge is 2.00 e. The van der Waals surface area contributed by atoms with Crippen LogP contribution < -0.4 is 10.2 Å². The van der Waals surface area contributed by atoms with Crippen LogP contribution in [0.1, 0.15) is 142 Å². The van der Waals surface area contributed by atoms with Crippen LogP contribution in [0.4, 0.5) is 0 Å². The average molecular weight is 736 g/mol. The standard InChI is InChI=1S/C37H54N2O2.2C2H4O2.Co/c1-23(2)13-26-15-28(33(40)30(17-26)35(5,6)7)21-38-32-19-25-11-12-37(32,20-25)39-22-29-16-27(14-24(3)4)18-31(34(29)41)36(8,9)10;2*1-2(3)4;/h15-18,21-25,32,40-41H,11-14,19-20H2,1-10H3;2*1H3,(H,3,4);/q;;;+2/p-2.